The van der Waals surface area contributed by atoms with Gasteiger partial charge in [-0.3, -0.25) is 4.79 Å². The Morgan fingerprint density at radius 3 is 2.32 bits per heavy atom. The maximum Gasteiger partial charge on any atom is 0.256 e. The molecule has 0 spiro atoms. The number of rotatable bonds is 1. The number of hydrogen-bond donors (Lipinski definition) is 1. The van der Waals surface area contributed by atoms with Crippen molar-refractivity contribution >= 4 is 11.6 Å². The highest BCUT2D eigenvalue weighted by atomic mass is 19.1. The molecule has 0 fully saturated rings. The van der Waals surface area contributed by atoms with E-state index in [2.05, 4.69) is 0 Å². The van der Waals surface area contributed by atoms with E-state index in [1.165, 1.54) is 12.1 Å². The molecule has 1 aliphatic rings. The van der Waals surface area contributed by atoms with Crippen molar-refractivity contribution < 1.29 is 9.18 Å². The number of amides is 1. The largest absolute Gasteiger partial charge is 0.396 e. The SMILES string of the molecule is Nc1c(F)cccc1C(=O)N1Cc2ccccc2C1. The molecular weight excluding hydrogens is 243 g/mol. The van der Waals surface area contributed by atoms with Gasteiger partial charge in [0, 0.05) is 13.1 Å². The lowest BCUT2D eigenvalue weighted by Gasteiger charge is -2.16. The van der Waals surface area contributed by atoms with Gasteiger partial charge in [-0.05, 0) is 23.3 Å². The fourth-order valence-electron chi connectivity index (χ4n) is 2.37. The van der Waals surface area contributed by atoms with Gasteiger partial charge in [0.05, 0.1) is 11.3 Å². The van der Waals surface area contributed by atoms with Crippen LogP contribution < -0.4 is 5.73 Å². The van der Waals surface area contributed by atoms with Crippen LogP contribution >= 0.6 is 0 Å². The third-order valence-corrected chi connectivity index (χ3v) is 3.41. The number of fused-ring (bicyclic) bond motifs is 1. The highest BCUT2D eigenvalue weighted by Gasteiger charge is 2.25. The molecule has 3 rings (SSSR count). The van der Waals surface area contributed by atoms with E-state index in [-0.39, 0.29) is 17.2 Å². The molecule has 2 N–H and O–H groups in total. The summed E-state index contributed by atoms with van der Waals surface area (Å²) in [6.45, 7) is 1.09. The van der Waals surface area contributed by atoms with Crippen LogP contribution in [0.3, 0.4) is 0 Å². The first-order chi connectivity index (χ1) is 9.16. The number of para-hydroxylation sites is 1. The third-order valence-electron chi connectivity index (χ3n) is 3.41. The Bertz CT molecular complexity index is 629. The first-order valence-corrected chi connectivity index (χ1v) is 6.07. The second-order valence-corrected chi connectivity index (χ2v) is 4.63. The third kappa shape index (κ3) is 1.95. The molecule has 2 aromatic carbocycles. The Hall–Kier alpha value is -2.36. The van der Waals surface area contributed by atoms with Crippen LogP contribution in [0.1, 0.15) is 21.5 Å². The van der Waals surface area contributed by atoms with Gasteiger partial charge in [0.2, 0.25) is 0 Å². The summed E-state index contributed by atoms with van der Waals surface area (Å²) < 4.78 is 13.4. The summed E-state index contributed by atoms with van der Waals surface area (Å²) >= 11 is 0. The van der Waals surface area contributed by atoms with Crippen molar-refractivity contribution in [2.24, 2.45) is 0 Å². The van der Waals surface area contributed by atoms with Crippen molar-refractivity contribution in [3.63, 3.8) is 0 Å². The molecule has 0 atom stereocenters. The van der Waals surface area contributed by atoms with Crippen LogP contribution in [0.15, 0.2) is 42.5 Å². The van der Waals surface area contributed by atoms with Crippen LogP contribution in [0.25, 0.3) is 0 Å². The number of carbonyl (C=O) groups is 1. The lowest BCUT2D eigenvalue weighted by Crippen LogP contribution is -2.26. The molecule has 0 bridgehead atoms. The predicted octanol–water partition coefficient (Wildman–Crippen LogP) is 2.56. The Balaban J connectivity index is 1.89. The van der Waals surface area contributed by atoms with Gasteiger partial charge in [-0.2, -0.15) is 0 Å². The molecule has 1 amide bonds. The second kappa shape index (κ2) is 4.39. The smallest absolute Gasteiger partial charge is 0.256 e. The molecule has 96 valence electrons. The molecular formula is C15H13FN2O. The maximum atomic E-state index is 13.4. The molecule has 0 aliphatic carbocycles. The zero-order chi connectivity index (χ0) is 13.4. The molecule has 1 heterocycles. The summed E-state index contributed by atoms with van der Waals surface area (Å²) in [5.74, 6) is -0.782. The van der Waals surface area contributed by atoms with E-state index in [4.69, 9.17) is 5.73 Å². The van der Waals surface area contributed by atoms with Crippen LogP contribution in [0, 0.1) is 5.82 Å². The van der Waals surface area contributed by atoms with E-state index < -0.39 is 5.82 Å². The lowest BCUT2D eigenvalue weighted by atomic mass is 10.1. The molecule has 4 heteroatoms. The molecule has 3 nitrogen and oxygen atoms in total. The van der Waals surface area contributed by atoms with Gasteiger partial charge in [0.1, 0.15) is 5.82 Å². The number of carbonyl (C=O) groups excluding carboxylic acids is 1. The van der Waals surface area contributed by atoms with Crippen LogP contribution in [0.2, 0.25) is 0 Å². The van der Waals surface area contributed by atoms with Gasteiger partial charge in [0.15, 0.2) is 0 Å². The highest BCUT2D eigenvalue weighted by Crippen LogP contribution is 2.26. The van der Waals surface area contributed by atoms with Gasteiger partial charge in [-0.1, -0.05) is 30.3 Å². The molecule has 1 aliphatic heterocycles. The van der Waals surface area contributed by atoms with Crippen LogP contribution in [-0.4, -0.2) is 10.8 Å². The Kier molecular flexibility index (Phi) is 2.71. The second-order valence-electron chi connectivity index (χ2n) is 4.63. The van der Waals surface area contributed by atoms with E-state index in [1.807, 2.05) is 24.3 Å². The van der Waals surface area contributed by atoms with Gasteiger partial charge in [0.25, 0.3) is 5.91 Å². The zero-order valence-corrected chi connectivity index (χ0v) is 10.3. The van der Waals surface area contributed by atoms with Gasteiger partial charge in [-0.25, -0.2) is 4.39 Å². The fraction of sp³-hybridized carbons (Fsp3) is 0.133. The minimum absolute atomic E-state index is 0.0801. The average Bonchev–Trinajstić information content (AvgIpc) is 2.85. The standard InChI is InChI=1S/C15H13FN2O/c16-13-7-3-6-12(14(13)17)15(19)18-8-10-4-1-2-5-11(10)9-18/h1-7H,8-9,17H2. The summed E-state index contributed by atoms with van der Waals surface area (Å²) in [6.07, 6.45) is 0. The molecule has 0 saturated carbocycles. The normalized spacial score (nSPS) is 13.4. The number of benzene rings is 2. The Morgan fingerprint density at radius 2 is 1.68 bits per heavy atom. The van der Waals surface area contributed by atoms with Gasteiger partial charge >= 0.3 is 0 Å². The zero-order valence-electron chi connectivity index (χ0n) is 10.3. The van der Waals surface area contributed by atoms with Crippen LogP contribution in [-0.2, 0) is 13.1 Å². The number of nitrogens with two attached hydrogens (primary N) is 1. The fourth-order valence-corrected chi connectivity index (χ4v) is 2.37. The lowest BCUT2D eigenvalue weighted by molar-refractivity contribution is 0.0752. The van der Waals surface area contributed by atoms with E-state index in [0.717, 1.165) is 11.1 Å². The molecule has 0 radical (unpaired) electrons. The van der Waals surface area contributed by atoms with Gasteiger partial charge in [-0.15, -0.1) is 0 Å². The number of nitrogen functional groups attached to an aromatic ring is 1. The van der Waals surface area contributed by atoms with Crippen molar-refractivity contribution in [2.75, 3.05) is 5.73 Å². The number of anilines is 1. The highest BCUT2D eigenvalue weighted by molar-refractivity contribution is 5.99. The first kappa shape index (κ1) is 11.7. The number of nitrogens with zero attached hydrogens (tertiary/aromatic N) is 1. The predicted molar refractivity (Wildman–Crippen MR) is 70.8 cm³/mol. The topological polar surface area (TPSA) is 46.3 Å². The monoisotopic (exact) mass is 256 g/mol. The number of hydrogen-bond acceptors (Lipinski definition) is 2. The van der Waals surface area contributed by atoms with Crippen molar-refractivity contribution in [1.29, 1.82) is 0 Å². The molecule has 0 saturated heterocycles. The van der Waals surface area contributed by atoms with E-state index >= 15 is 0 Å². The van der Waals surface area contributed by atoms with Crippen molar-refractivity contribution in [3.8, 4) is 0 Å². The molecule has 2 aromatic rings. The van der Waals surface area contributed by atoms with Gasteiger partial charge < -0.3 is 10.6 Å². The van der Waals surface area contributed by atoms with Crippen molar-refractivity contribution in [1.82, 2.24) is 4.90 Å². The Labute approximate surface area is 110 Å². The van der Waals surface area contributed by atoms with E-state index in [1.54, 1.807) is 11.0 Å². The summed E-state index contributed by atoms with van der Waals surface area (Å²) in [5, 5.41) is 0. The van der Waals surface area contributed by atoms with E-state index in [9.17, 15) is 9.18 Å². The summed E-state index contributed by atoms with van der Waals surface area (Å²) in [6, 6.07) is 12.2. The minimum Gasteiger partial charge on any atom is -0.396 e. The summed E-state index contributed by atoms with van der Waals surface area (Å²) in [7, 11) is 0. The molecule has 19 heavy (non-hydrogen) atoms. The van der Waals surface area contributed by atoms with Crippen LogP contribution in [0.5, 0.6) is 0 Å². The Morgan fingerprint density at radius 1 is 1.05 bits per heavy atom. The first-order valence-electron chi connectivity index (χ1n) is 6.07. The van der Waals surface area contributed by atoms with E-state index in [0.29, 0.717) is 13.1 Å². The quantitative estimate of drug-likeness (QED) is 0.797. The summed E-state index contributed by atoms with van der Waals surface area (Å²) in [5.41, 5.74) is 8.04. The maximum absolute atomic E-state index is 13.4. The summed E-state index contributed by atoms with van der Waals surface area (Å²) in [4.78, 5) is 14.0. The van der Waals surface area contributed by atoms with Crippen molar-refractivity contribution in [3.05, 3.63) is 65.0 Å². The number of halogens is 1. The van der Waals surface area contributed by atoms with Crippen molar-refractivity contribution in [2.45, 2.75) is 13.1 Å². The molecule has 0 unspecified atom stereocenters. The average molecular weight is 256 g/mol. The minimum atomic E-state index is -0.553. The van der Waals surface area contributed by atoms with Crippen LogP contribution in [0.4, 0.5) is 10.1 Å². The molecule has 0 aromatic heterocycles.